The van der Waals surface area contributed by atoms with Crippen molar-refractivity contribution in [3.63, 3.8) is 0 Å². The van der Waals surface area contributed by atoms with Gasteiger partial charge in [-0.05, 0) is 18.2 Å². The number of imidazole rings is 1. The molecule has 3 heterocycles. The summed E-state index contributed by atoms with van der Waals surface area (Å²) in [7, 11) is 3.19. The molecule has 0 fully saturated rings. The lowest BCUT2D eigenvalue weighted by atomic mass is 10.1. The van der Waals surface area contributed by atoms with E-state index in [1.54, 1.807) is 14.2 Å². The summed E-state index contributed by atoms with van der Waals surface area (Å²) in [5, 5.41) is 7.23. The first-order valence-corrected chi connectivity index (χ1v) is 9.81. The lowest BCUT2D eigenvalue weighted by molar-refractivity contribution is -0.115. The van der Waals surface area contributed by atoms with Crippen molar-refractivity contribution in [3.05, 3.63) is 47.0 Å². The van der Waals surface area contributed by atoms with Crippen molar-refractivity contribution in [1.29, 1.82) is 0 Å². The van der Waals surface area contributed by atoms with Crippen molar-refractivity contribution in [3.8, 4) is 22.8 Å². The number of anilines is 1. The first-order valence-electron chi connectivity index (χ1n) is 8.05. The van der Waals surface area contributed by atoms with Crippen LogP contribution in [0.1, 0.15) is 5.69 Å². The largest absolute Gasteiger partial charge is 0.493 e. The van der Waals surface area contributed by atoms with E-state index in [4.69, 9.17) is 9.47 Å². The molecule has 7 nitrogen and oxygen atoms in total. The van der Waals surface area contributed by atoms with Crippen molar-refractivity contribution in [1.82, 2.24) is 14.4 Å². The number of amides is 1. The molecule has 0 unspecified atom stereocenters. The predicted octanol–water partition coefficient (Wildman–Crippen LogP) is 3.72. The summed E-state index contributed by atoms with van der Waals surface area (Å²) in [6, 6.07) is 5.59. The normalized spacial score (nSPS) is 10.9. The molecule has 0 aliphatic carbocycles. The van der Waals surface area contributed by atoms with Gasteiger partial charge in [-0.1, -0.05) is 0 Å². The van der Waals surface area contributed by atoms with Crippen molar-refractivity contribution in [2.45, 2.75) is 6.42 Å². The van der Waals surface area contributed by atoms with Crippen LogP contribution in [0.25, 0.3) is 16.2 Å². The molecule has 1 aromatic carbocycles. The second-order valence-corrected chi connectivity index (χ2v) is 7.39. The van der Waals surface area contributed by atoms with E-state index < -0.39 is 0 Å². The minimum atomic E-state index is -0.144. The SMILES string of the molecule is COc1ccc(-c2csc(NC(=O)Cc3cn4ccsc4n3)n2)cc1OC. The number of aromatic nitrogens is 3. The minimum absolute atomic E-state index is 0.144. The number of hydrogen-bond acceptors (Lipinski definition) is 7. The molecule has 0 bridgehead atoms. The van der Waals surface area contributed by atoms with E-state index in [9.17, 15) is 4.79 Å². The molecule has 0 aliphatic rings. The van der Waals surface area contributed by atoms with E-state index in [1.165, 1.54) is 22.7 Å². The van der Waals surface area contributed by atoms with Crippen LogP contribution in [0, 0.1) is 0 Å². The molecule has 4 aromatic rings. The van der Waals surface area contributed by atoms with Gasteiger partial charge < -0.3 is 14.8 Å². The smallest absolute Gasteiger partial charge is 0.232 e. The second kappa shape index (κ2) is 7.37. The monoisotopic (exact) mass is 400 g/mol. The van der Waals surface area contributed by atoms with Crippen LogP contribution in [0.15, 0.2) is 41.4 Å². The summed E-state index contributed by atoms with van der Waals surface area (Å²) in [6.07, 6.45) is 3.99. The van der Waals surface area contributed by atoms with E-state index in [1.807, 2.05) is 45.8 Å². The number of carbonyl (C=O) groups is 1. The summed E-state index contributed by atoms with van der Waals surface area (Å²) < 4.78 is 12.5. The highest BCUT2D eigenvalue weighted by atomic mass is 32.1. The molecule has 0 saturated carbocycles. The van der Waals surface area contributed by atoms with Gasteiger partial charge in [-0.3, -0.25) is 9.20 Å². The Kier molecular flexibility index (Phi) is 4.78. The van der Waals surface area contributed by atoms with Crippen LogP contribution in [-0.2, 0) is 11.2 Å². The molecule has 1 amide bonds. The molecule has 0 radical (unpaired) electrons. The molecule has 0 atom stereocenters. The van der Waals surface area contributed by atoms with Gasteiger partial charge in [0.05, 0.1) is 32.0 Å². The minimum Gasteiger partial charge on any atom is -0.493 e. The highest BCUT2D eigenvalue weighted by Gasteiger charge is 2.13. The Morgan fingerprint density at radius 3 is 2.81 bits per heavy atom. The summed E-state index contributed by atoms with van der Waals surface area (Å²) in [5.41, 5.74) is 2.38. The molecule has 0 aliphatic heterocycles. The third-order valence-corrected chi connectivity index (χ3v) is 5.44. The second-order valence-electron chi connectivity index (χ2n) is 5.66. The molecule has 3 aromatic heterocycles. The van der Waals surface area contributed by atoms with Crippen molar-refractivity contribution in [2.75, 3.05) is 19.5 Å². The zero-order chi connectivity index (χ0) is 18.8. The molecule has 0 saturated heterocycles. The standard InChI is InChI=1S/C18H16N4O3S2/c1-24-14-4-3-11(7-15(14)25-2)13-10-27-17(20-13)21-16(23)8-12-9-22-5-6-26-18(22)19-12/h3-7,9-10H,8H2,1-2H3,(H,20,21,23). The van der Waals surface area contributed by atoms with E-state index in [0.29, 0.717) is 16.6 Å². The van der Waals surface area contributed by atoms with Gasteiger partial charge in [0.15, 0.2) is 21.6 Å². The maximum Gasteiger partial charge on any atom is 0.232 e. The number of rotatable bonds is 6. The predicted molar refractivity (Wildman–Crippen MR) is 106 cm³/mol. The van der Waals surface area contributed by atoms with E-state index in [-0.39, 0.29) is 12.3 Å². The number of ether oxygens (including phenoxy) is 2. The third-order valence-electron chi connectivity index (χ3n) is 3.91. The number of hydrogen-bond donors (Lipinski definition) is 1. The Hall–Kier alpha value is -2.91. The van der Waals surface area contributed by atoms with Crippen LogP contribution in [0.2, 0.25) is 0 Å². The summed E-state index contributed by atoms with van der Waals surface area (Å²) in [6.45, 7) is 0. The van der Waals surface area contributed by atoms with Crippen molar-refractivity contribution >= 4 is 38.7 Å². The number of carbonyl (C=O) groups excluding carboxylic acids is 1. The summed E-state index contributed by atoms with van der Waals surface area (Å²) in [5.74, 6) is 1.15. The average molecular weight is 400 g/mol. The molecule has 138 valence electrons. The zero-order valence-electron chi connectivity index (χ0n) is 14.6. The Bertz CT molecular complexity index is 1070. The Labute approximate surface area is 163 Å². The van der Waals surface area contributed by atoms with Gasteiger partial charge in [-0.2, -0.15) is 0 Å². The molecule has 9 heteroatoms. The third kappa shape index (κ3) is 3.64. The Morgan fingerprint density at radius 1 is 1.19 bits per heavy atom. The van der Waals surface area contributed by atoms with Gasteiger partial charge in [0.1, 0.15) is 0 Å². The van der Waals surface area contributed by atoms with Crippen molar-refractivity contribution < 1.29 is 14.3 Å². The van der Waals surface area contributed by atoms with E-state index >= 15 is 0 Å². The highest BCUT2D eigenvalue weighted by molar-refractivity contribution is 7.15. The molecule has 0 spiro atoms. The number of benzene rings is 1. The van der Waals surface area contributed by atoms with E-state index in [2.05, 4.69) is 15.3 Å². The number of nitrogens with one attached hydrogen (secondary N) is 1. The molecule has 4 rings (SSSR count). The Balaban J connectivity index is 1.46. The Morgan fingerprint density at radius 2 is 2.04 bits per heavy atom. The fraction of sp³-hybridized carbons (Fsp3) is 0.167. The van der Waals surface area contributed by atoms with Crippen LogP contribution in [0.4, 0.5) is 5.13 Å². The first-order chi connectivity index (χ1) is 13.2. The number of fused-ring (bicyclic) bond motifs is 1. The average Bonchev–Trinajstić information content (AvgIpc) is 3.37. The van der Waals surface area contributed by atoms with Gasteiger partial charge in [0.2, 0.25) is 5.91 Å². The number of nitrogens with zero attached hydrogens (tertiary/aromatic N) is 3. The topological polar surface area (TPSA) is 77.8 Å². The zero-order valence-corrected chi connectivity index (χ0v) is 16.3. The molecular formula is C18H16N4O3S2. The maximum absolute atomic E-state index is 12.3. The van der Waals surface area contributed by atoms with Crippen LogP contribution >= 0.6 is 22.7 Å². The molecule has 27 heavy (non-hydrogen) atoms. The number of thiazole rings is 2. The lowest BCUT2D eigenvalue weighted by Gasteiger charge is -2.08. The van der Waals surface area contributed by atoms with Gasteiger partial charge in [0, 0.05) is 28.7 Å². The van der Waals surface area contributed by atoms with Gasteiger partial charge in [-0.15, -0.1) is 22.7 Å². The maximum atomic E-state index is 12.3. The van der Waals surface area contributed by atoms with Gasteiger partial charge in [-0.25, -0.2) is 9.97 Å². The lowest BCUT2D eigenvalue weighted by Crippen LogP contribution is -2.14. The quantitative estimate of drug-likeness (QED) is 0.534. The summed E-state index contributed by atoms with van der Waals surface area (Å²) >= 11 is 2.91. The van der Waals surface area contributed by atoms with Crippen LogP contribution in [0.5, 0.6) is 11.5 Å². The van der Waals surface area contributed by atoms with Crippen LogP contribution < -0.4 is 14.8 Å². The summed E-state index contributed by atoms with van der Waals surface area (Å²) in [4.78, 5) is 22.1. The van der Waals surface area contributed by atoms with Crippen molar-refractivity contribution in [2.24, 2.45) is 0 Å². The van der Waals surface area contributed by atoms with Crippen LogP contribution in [0.3, 0.4) is 0 Å². The number of methoxy groups -OCH3 is 2. The van der Waals surface area contributed by atoms with E-state index in [0.717, 1.165) is 21.9 Å². The fourth-order valence-corrected chi connectivity index (χ4v) is 4.10. The van der Waals surface area contributed by atoms with Crippen LogP contribution in [-0.4, -0.2) is 34.5 Å². The molecule has 1 N–H and O–H groups in total. The van der Waals surface area contributed by atoms with Gasteiger partial charge in [0.25, 0.3) is 0 Å². The first kappa shape index (κ1) is 17.5. The fourth-order valence-electron chi connectivity index (χ4n) is 2.65. The molecular weight excluding hydrogens is 384 g/mol. The van der Waals surface area contributed by atoms with Gasteiger partial charge >= 0.3 is 0 Å². The highest BCUT2D eigenvalue weighted by Crippen LogP contribution is 2.33.